The van der Waals surface area contributed by atoms with Crippen LogP contribution < -0.4 is 10.6 Å². The van der Waals surface area contributed by atoms with Crippen molar-refractivity contribution in [2.45, 2.75) is 38.1 Å². The van der Waals surface area contributed by atoms with E-state index in [0.29, 0.717) is 6.54 Å². The maximum Gasteiger partial charge on any atom is 0.287 e. The predicted molar refractivity (Wildman–Crippen MR) is 95.2 cm³/mol. The van der Waals surface area contributed by atoms with E-state index in [9.17, 15) is 9.59 Å². The third-order valence-electron chi connectivity index (χ3n) is 4.82. The quantitative estimate of drug-likeness (QED) is 0.814. The summed E-state index contributed by atoms with van der Waals surface area (Å²) in [7, 11) is 0. The first-order valence-electron chi connectivity index (χ1n) is 8.69. The number of hydrogen-bond acceptors (Lipinski definition) is 3. The van der Waals surface area contributed by atoms with Gasteiger partial charge in [0, 0.05) is 12.0 Å². The Balaban J connectivity index is 1.61. The minimum atomic E-state index is -0.593. The maximum atomic E-state index is 12.6. The Morgan fingerprint density at radius 1 is 1.12 bits per heavy atom. The van der Waals surface area contributed by atoms with Gasteiger partial charge in [-0.15, -0.1) is 0 Å². The average Bonchev–Trinajstić information content (AvgIpc) is 3.21. The second-order valence-corrected chi connectivity index (χ2v) is 7.04. The first kappa shape index (κ1) is 17.3. The van der Waals surface area contributed by atoms with Crippen LogP contribution in [0, 0.1) is 5.92 Å². The van der Waals surface area contributed by atoms with Gasteiger partial charge in [0.1, 0.15) is 6.04 Å². The van der Waals surface area contributed by atoms with Gasteiger partial charge in [-0.2, -0.15) is 0 Å². The van der Waals surface area contributed by atoms with Gasteiger partial charge >= 0.3 is 0 Å². The number of hydrogen-bond donors (Lipinski definition) is 2. The molecule has 1 saturated carbocycles. The lowest BCUT2D eigenvalue weighted by Gasteiger charge is -2.23. The zero-order chi connectivity index (χ0) is 17.9. The van der Waals surface area contributed by atoms with Crippen molar-refractivity contribution in [2.75, 3.05) is 6.54 Å². The van der Waals surface area contributed by atoms with Crippen LogP contribution in [0.15, 0.2) is 53.1 Å². The minimum Gasteiger partial charge on any atom is -0.459 e. The van der Waals surface area contributed by atoms with E-state index in [-0.39, 0.29) is 28.9 Å². The Morgan fingerprint density at radius 2 is 1.84 bits per heavy atom. The topological polar surface area (TPSA) is 71.3 Å². The van der Waals surface area contributed by atoms with Crippen LogP contribution in [-0.2, 0) is 10.2 Å². The fourth-order valence-electron chi connectivity index (χ4n) is 3.03. The normalized spacial score (nSPS) is 16.3. The second-order valence-electron chi connectivity index (χ2n) is 7.04. The van der Waals surface area contributed by atoms with E-state index in [1.165, 1.54) is 11.8 Å². The van der Waals surface area contributed by atoms with Gasteiger partial charge in [-0.1, -0.05) is 44.2 Å². The molecule has 0 aliphatic heterocycles. The van der Waals surface area contributed by atoms with Crippen LogP contribution in [0.3, 0.4) is 0 Å². The minimum absolute atomic E-state index is 0.0224. The highest BCUT2D eigenvalue weighted by atomic mass is 16.3. The summed E-state index contributed by atoms with van der Waals surface area (Å²) in [5, 5.41) is 5.80. The highest BCUT2D eigenvalue weighted by molar-refractivity contribution is 5.95. The molecule has 0 saturated heterocycles. The Bertz CT molecular complexity index is 719. The van der Waals surface area contributed by atoms with Crippen molar-refractivity contribution in [2.24, 2.45) is 5.92 Å². The van der Waals surface area contributed by atoms with Gasteiger partial charge in [0.05, 0.1) is 6.26 Å². The van der Waals surface area contributed by atoms with Gasteiger partial charge in [0.25, 0.3) is 5.91 Å². The van der Waals surface area contributed by atoms with Crippen LogP contribution in [0.2, 0.25) is 0 Å². The number of benzene rings is 1. The van der Waals surface area contributed by atoms with Gasteiger partial charge < -0.3 is 15.1 Å². The van der Waals surface area contributed by atoms with E-state index in [1.807, 2.05) is 32.0 Å². The lowest BCUT2D eigenvalue weighted by Crippen LogP contribution is -2.51. The Morgan fingerprint density at radius 3 is 2.40 bits per heavy atom. The summed E-state index contributed by atoms with van der Waals surface area (Å²) in [5.41, 5.74) is 1.31. The van der Waals surface area contributed by atoms with E-state index in [4.69, 9.17) is 4.42 Å². The van der Waals surface area contributed by atoms with Crippen LogP contribution in [0.4, 0.5) is 0 Å². The molecule has 1 aromatic carbocycles. The maximum absolute atomic E-state index is 12.6. The summed E-state index contributed by atoms with van der Waals surface area (Å²) in [6, 6.07) is 12.9. The monoisotopic (exact) mass is 340 g/mol. The Hall–Kier alpha value is -2.56. The third kappa shape index (κ3) is 3.92. The molecule has 25 heavy (non-hydrogen) atoms. The number of amides is 2. The molecule has 1 fully saturated rings. The van der Waals surface area contributed by atoms with Gasteiger partial charge in [0.15, 0.2) is 5.76 Å². The molecule has 2 aromatic rings. The SMILES string of the molecule is CC(C)C(NC(=O)c1ccco1)C(=O)NCC1(c2ccccc2)CC1. The number of nitrogens with one attached hydrogen (secondary N) is 2. The number of carbonyl (C=O) groups is 2. The van der Waals surface area contributed by atoms with Gasteiger partial charge in [-0.25, -0.2) is 0 Å². The molecule has 2 amide bonds. The molecule has 132 valence electrons. The summed E-state index contributed by atoms with van der Waals surface area (Å²) in [6.07, 6.45) is 3.58. The molecule has 1 aliphatic rings. The lowest BCUT2D eigenvalue weighted by atomic mass is 9.95. The molecule has 5 nitrogen and oxygen atoms in total. The van der Waals surface area contributed by atoms with Gasteiger partial charge in [0.2, 0.25) is 5.91 Å². The molecule has 1 atom stereocenters. The second kappa shape index (κ2) is 7.13. The van der Waals surface area contributed by atoms with Crippen molar-refractivity contribution in [1.82, 2.24) is 10.6 Å². The van der Waals surface area contributed by atoms with Crippen molar-refractivity contribution < 1.29 is 14.0 Å². The van der Waals surface area contributed by atoms with E-state index in [2.05, 4.69) is 22.8 Å². The summed E-state index contributed by atoms with van der Waals surface area (Å²) in [4.78, 5) is 24.8. The number of rotatable bonds is 7. The third-order valence-corrected chi connectivity index (χ3v) is 4.82. The summed E-state index contributed by atoms with van der Waals surface area (Å²) in [5.74, 6) is -0.340. The summed E-state index contributed by atoms with van der Waals surface area (Å²) in [6.45, 7) is 4.42. The molecular formula is C20H24N2O3. The van der Waals surface area contributed by atoms with E-state index < -0.39 is 6.04 Å². The molecule has 1 heterocycles. The van der Waals surface area contributed by atoms with Crippen molar-refractivity contribution >= 4 is 11.8 Å². The van der Waals surface area contributed by atoms with Gasteiger partial charge in [-0.05, 0) is 36.5 Å². The number of furan rings is 1. The highest BCUT2D eigenvalue weighted by Crippen LogP contribution is 2.47. The summed E-state index contributed by atoms with van der Waals surface area (Å²) >= 11 is 0. The predicted octanol–water partition coefficient (Wildman–Crippen LogP) is 2.88. The van der Waals surface area contributed by atoms with Crippen molar-refractivity contribution in [3.8, 4) is 0 Å². The zero-order valence-electron chi connectivity index (χ0n) is 14.6. The number of carbonyl (C=O) groups excluding carboxylic acids is 2. The molecule has 1 aromatic heterocycles. The molecule has 0 spiro atoms. The Kier molecular flexibility index (Phi) is 4.93. The summed E-state index contributed by atoms with van der Waals surface area (Å²) < 4.78 is 5.09. The molecule has 0 radical (unpaired) electrons. The lowest BCUT2D eigenvalue weighted by molar-refractivity contribution is -0.124. The largest absolute Gasteiger partial charge is 0.459 e. The van der Waals surface area contributed by atoms with Crippen molar-refractivity contribution in [3.63, 3.8) is 0 Å². The van der Waals surface area contributed by atoms with Gasteiger partial charge in [-0.3, -0.25) is 9.59 Å². The molecule has 1 unspecified atom stereocenters. The molecule has 1 aliphatic carbocycles. The van der Waals surface area contributed by atoms with Crippen LogP contribution in [0.25, 0.3) is 0 Å². The Labute approximate surface area is 147 Å². The average molecular weight is 340 g/mol. The van der Waals surface area contributed by atoms with E-state index in [0.717, 1.165) is 12.8 Å². The first-order valence-corrected chi connectivity index (χ1v) is 8.69. The molecule has 5 heteroatoms. The highest BCUT2D eigenvalue weighted by Gasteiger charge is 2.44. The van der Waals surface area contributed by atoms with Crippen molar-refractivity contribution in [1.29, 1.82) is 0 Å². The molecule has 2 N–H and O–H groups in total. The van der Waals surface area contributed by atoms with E-state index in [1.54, 1.807) is 12.1 Å². The van der Waals surface area contributed by atoms with Crippen LogP contribution in [0.5, 0.6) is 0 Å². The van der Waals surface area contributed by atoms with E-state index >= 15 is 0 Å². The molecular weight excluding hydrogens is 316 g/mol. The van der Waals surface area contributed by atoms with Crippen LogP contribution >= 0.6 is 0 Å². The smallest absolute Gasteiger partial charge is 0.287 e. The fourth-order valence-corrected chi connectivity index (χ4v) is 3.03. The first-order chi connectivity index (χ1) is 12.0. The molecule has 3 rings (SSSR count). The van der Waals surface area contributed by atoms with Crippen LogP contribution in [-0.4, -0.2) is 24.4 Å². The fraction of sp³-hybridized carbons (Fsp3) is 0.400. The van der Waals surface area contributed by atoms with Crippen LogP contribution in [0.1, 0.15) is 42.8 Å². The zero-order valence-corrected chi connectivity index (χ0v) is 14.6. The van der Waals surface area contributed by atoms with Crippen molar-refractivity contribution in [3.05, 3.63) is 60.1 Å². The standard InChI is InChI=1S/C20H24N2O3/c1-14(2)17(22-18(23)16-9-6-12-25-16)19(24)21-13-20(10-11-20)15-7-4-3-5-8-15/h3-9,12,14,17H,10-11,13H2,1-2H3,(H,21,24)(H,22,23). The molecule has 0 bridgehead atoms.